The predicted molar refractivity (Wildman–Crippen MR) is 89.5 cm³/mol. The maximum Gasteiger partial charge on any atom is 0.0223 e. The third-order valence-electron chi connectivity index (χ3n) is 5.95. The van der Waals surface area contributed by atoms with Gasteiger partial charge in [-0.05, 0) is 50.7 Å². The molecule has 1 saturated heterocycles. The molecule has 2 aliphatic carbocycles. The van der Waals surface area contributed by atoms with Crippen molar-refractivity contribution >= 4 is 11.8 Å². The fraction of sp³-hybridized carbons (Fsp3) is 1.00. The van der Waals surface area contributed by atoms with Gasteiger partial charge in [-0.2, -0.15) is 11.8 Å². The van der Waals surface area contributed by atoms with Crippen LogP contribution in [-0.4, -0.2) is 48.1 Å². The van der Waals surface area contributed by atoms with Crippen LogP contribution in [-0.2, 0) is 0 Å². The lowest BCUT2D eigenvalue weighted by atomic mass is 9.82. The zero-order chi connectivity index (χ0) is 13.8. The lowest BCUT2D eigenvalue weighted by Gasteiger charge is -2.44. The van der Waals surface area contributed by atoms with Gasteiger partial charge in [-0.25, -0.2) is 0 Å². The molecule has 1 aliphatic heterocycles. The standard InChI is InChI=1S/C17H32N2S/c1-20-16-9-7-15(8-10-16)19-12-11-18-17(13-19)14-5-3-2-4-6-14/h14-18H,2-13H2,1H3. The van der Waals surface area contributed by atoms with Crippen molar-refractivity contribution < 1.29 is 0 Å². The fourth-order valence-corrected chi connectivity index (χ4v) is 5.38. The van der Waals surface area contributed by atoms with E-state index in [0.717, 1.165) is 23.3 Å². The molecular weight excluding hydrogens is 264 g/mol. The van der Waals surface area contributed by atoms with E-state index in [1.54, 1.807) is 0 Å². The van der Waals surface area contributed by atoms with Crippen molar-refractivity contribution in [2.45, 2.75) is 75.1 Å². The van der Waals surface area contributed by atoms with Crippen molar-refractivity contribution in [3.63, 3.8) is 0 Å². The summed E-state index contributed by atoms with van der Waals surface area (Å²) in [6.07, 6.45) is 15.5. The summed E-state index contributed by atoms with van der Waals surface area (Å²) >= 11 is 2.09. The van der Waals surface area contributed by atoms with Gasteiger partial charge in [-0.1, -0.05) is 19.3 Å². The molecule has 3 aliphatic rings. The highest BCUT2D eigenvalue weighted by atomic mass is 32.2. The molecule has 1 N–H and O–H groups in total. The predicted octanol–water partition coefficient (Wildman–Crippen LogP) is 3.51. The summed E-state index contributed by atoms with van der Waals surface area (Å²) in [6.45, 7) is 3.85. The van der Waals surface area contributed by atoms with Gasteiger partial charge in [0.2, 0.25) is 0 Å². The molecule has 1 heterocycles. The van der Waals surface area contributed by atoms with Crippen LogP contribution >= 0.6 is 11.8 Å². The summed E-state index contributed by atoms with van der Waals surface area (Å²) in [6, 6.07) is 1.69. The van der Waals surface area contributed by atoms with E-state index in [9.17, 15) is 0 Å². The first-order valence-corrected chi connectivity index (χ1v) is 10.2. The van der Waals surface area contributed by atoms with E-state index in [2.05, 4.69) is 28.2 Å². The van der Waals surface area contributed by atoms with Crippen LogP contribution < -0.4 is 5.32 Å². The molecule has 20 heavy (non-hydrogen) atoms. The van der Waals surface area contributed by atoms with E-state index in [1.807, 2.05) is 0 Å². The van der Waals surface area contributed by atoms with E-state index in [0.29, 0.717) is 0 Å². The molecule has 3 heteroatoms. The topological polar surface area (TPSA) is 15.3 Å². The number of thioether (sulfide) groups is 1. The molecule has 0 aromatic rings. The minimum Gasteiger partial charge on any atom is -0.311 e. The summed E-state index contributed by atoms with van der Waals surface area (Å²) in [5.74, 6) is 0.967. The molecule has 116 valence electrons. The minimum absolute atomic E-state index is 0.794. The third kappa shape index (κ3) is 3.72. The molecule has 0 bridgehead atoms. The Hall–Kier alpha value is 0.270. The van der Waals surface area contributed by atoms with Gasteiger partial charge in [-0.3, -0.25) is 4.90 Å². The maximum atomic E-state index is 3.83. The Kier molecular flexibility index (Phi) is 5.70. The summed E-state index contributed by atoms with van der Waals surface area (Å²) < 4.78 is 0. The first-order chi connectivity index (χ1) is 9.86. The Morgan fingerprint density at radius 3 is 2.40 bits per heavy atom. The highest BCUT2D eigenvalue weighted by Crippen LogP contribution is 2.32. The molecule has 1 atom stereocenters. The van der Waals surface area contributed by atoms with Crippen LogP contribution in [0.1, 0.15) is 57.8 Å². The summed E-state index contributed by atoms with van der Waals surface area (Å²) in [7, 11) is 0. The Balaban J connectivity index is 1.50. The van der Waals surface area contributed by atoms with Gasteiger partial charge in [-0.15, -0.1) is 0 Å². The van der Waals surface area contributed by atoms with E-state index < -0.39 is 0 Å². The minimum atomic E-state index is 0.794. The SMILES string of the molecule is CSC1CCC(N2CCNC(C3CCCCC3)C2)CC1. The first-order valence-electron chi connectivity index (χ1n) is 8.87. The van der Waals surface area contributed by atoms with Crippen LogP contribution in [0.4, 0.5) is 0 Å². The van der Waals surface area contributed by atoms with Gasteiger partial charge in [0.1, 0.15) is 0 Å². The van der Waals surface area contributed by atoms with Crippen LogP contribution in [0, 0.1) is 5.92 Å². The van der Waals surface area contributed by atoms with Crippen LogP contribution in [0.3, 0.4) is 0 Å². The third-order valence-corrected chi connectivity index (χ3v) is 7.09. The summed E-state index contributed by atoms with van der Waals surface area (Å²) in [5, 5.41) is 4.78. The molecule has 1 unspecified atom stereocenters. The second-order valence-electron chi connectivity index (χ2n) is 7.12. The van der Waals surface area contributed by atoms with Crippen molar-refractivity contribution in [2.75, 3.05) is 25.9 Å². The Morgan fingerprint density at radius 2 is 1.70 bits per heavy atom. The van der Waals surface area contributed by atoms with E-state index in [4.69, 9.17) is 0 Å². The van der Waals surface area contributed by atoms with Crippen molar-refractivity contribution in [3.8, 4) is 0 Å². The molecule has 0 aromatic carbocycles. The van der Waals surface area contributed by atoms with Gasteiger partial charge in [0.15, 0.2) is 0 Å². The number of hydrogen-bond acceptors (Lipinski definition) is 3. The van der Waals surface area contributed by atoms with Crippen LogP contribution in [0.2, 0.25) is 0 Å². The highest BCUT2D eigenvalue weighted by Gasteiger charge is 2.32. The van der Waals surface area contributed by atoms with Crippen molar-refractivity contribution in [2.24, 2.45) is 5.92 Å². The van der Waals surface area contributed by atoms with Gasteiger partial charge in [0.25, 0.3) is 0 Å². The molecule has 2 saturated carbocycles. The molecule has 2 nitrogen and oxygen atoms in total. The first kappa shape index (κ1) is 15.2. The second-order valence-corrected chi connectivity index (χ2v) is 8.26. The molecule has 0 amide bonds. The van der Waals surface area contributed by atoms with Gasteiger partial charge < -0.3 is 5.32 Å². The van der Waals surface area contributed by atoms with Gasteiger partial charge >= 0.3 is 0 Å². The summed E-state index contributed by atoms with van der Waals surface area (Å²) in [4.78, 5) is 2.84. The highest BCUT2D eigenvalue weighted by molar-refractivity contribution is 7.99. The van der Waals surface area contributed by atoms with Gasteiger partial charge in [0, 0.05) is 37.0 Å². The summed E-state index contributed by atoms with van der Waals surface area (Å²) in [5.41, 5.74) is 0. The average Bonchev–Trinajstić information content (AvgIpc) is 2.56. The number of hydrogen-bond donors (Lipinski definition) is 1. The quantitative estimate of drug-likeness (QED) is 0.858. The normalized spacial score (nSPS) is 38.0. The molecule has 0 spiro atoms. The molecular formula is C17H32N2S. The van der Waals surface area contributed by atoms with Gasteiger partial charge in [0.05, 0.1) is 0 Å². The smallest absolute Gasteiger partial charge is 0.0223 e. The Labute approximate surface area is 129 Å². The molecule has 3 fully saturated rings. The van der Waals surface area contributed by atoms with Crippen molar-refractivity contribution in [1.82, 2.24) is 10.2 Å². The van der Waals surface area contributed by atoms with Crippen LogP contribution in [0.5, 0.6) is 0 Å². The molecule has 0 aromatic heterocycles. The van der Waals surface area contributed by atoms with Crippen molar-refractivity contribution in [1.29, 1.82) is 0 Å². The second kappa shape index (κ2) is 7.51. The van der Waals surface area contributed by atoms with E-state index in [1.165, 1.54) is 77.4 Å². The Bertz CT molecular complexity index is 283. The number of piperazine rings is 1. The fourth-order valence-electron chi connectivity index (χ4n) is 4.63. The van der Waals surface area contributed by atoms with Crippen molar-refractivity contribution in [3.05, 3.63) is 0 Å². The largest absolute Gasteiger partial charge is 0.311 e. The number of nitrogens with one attached hydrogen (secondary N) is 1. The monoisotopic (exact) mass is 296 g/mol. The Morgan fingerprint density at radius 1 is 0.950 bits per heavy atom. The van der Waals surface area contributed by atoms with Crippen LogP contribution in [0.25, 0.3) is 0 Å². The zero-order valence-corrected chi connectivity index (χ0v) is 14.0. The van der Waals surface area contributed by atoms with E-state index in [-0.39, 0.29) is 0 Å². The number of nitrogens with zero attached hydrogens (tertiary/aromatic N) is 1. The average molecular weight is 297 g/mol. The lowest BCUT2D eigenvalue weighted by molar-refractivity contribution is 0.0899. The maximum absolute atomic E-state index is 3.83. The number of rotatable bonds is 3. The molecule has 3 rings (SSSR count). The van der Waals surface area contributed by atoms with Crippen LogP contribution in [0.15, 0.2) is 0 Å². The molecule has 0 radical (unpaired) electrons. The lowest BCUT2D eigenvalue weighted by Crippen LogP contribution is -2.57. The van der Waals surface area contributed by atoms with E-state index >= 15 is 0 Å². The zero-order valence-electron chi connectivity index (χ0n) is 13.2.